The monoisotopic (exact) mass is 606 g/mol. The van der Waals surface area contributed by atoms with Crippen molar-refractivity contribution in [3.8, 4) is 17.0 Å². The third-order valence-corrected chi connectivity index (χ3v) is 7.19. The summed E-state index contributed by atoms with van der Waals surface area (Å²) in [6.45, 7) is 1.52. The van der Waals surface area contributed by atoms with Gasteiger partial charge in [-0.15, -0.1) is 11.3 Å². The van der Waals surface area contributed by atoms with Crippen LogP contribution in [0.15, 0.2) is 54.7 Å². The second-order valence-electron chi connectivity index (χ2n) is 8.64. The molecule has 2 aromatic carbocycles. The SMILES string of the molecule is Cc1sc(C(=O)Nc2cc(Cl)cc(NS(C)(=O)=O)c2)cc1-c1ncc(F)cc1OCc1cc(F)cc(C(N)=O)c1. The molecule has 4 N–H and O–H groups in total. The summed E-state index contributed by atoms with van der Waals surface area (Å²) < 4.78 is 59.2. The first-order valence-corrected chi connectivity index (χ1v) is 14.4. The Morgan fingerprint density at radius 2 is 1.77 bits per heavy atom. The number of amides is 2. The lowest BCUT2D eigenvalue weighted by Gasteiger charge is -2.12. The van der Waals surface area contributed by atoms with Crippen LogP contribution in [0.4, 0.5) is 20.2 Å². The third-order valence-electron chi connectivity index (χ3n) is 5.31. The summed E-state index contributed by atoms with van der Waals surface area (Å²) in [6.07, 6.45) is 1.98. The van der Waals surface area contributed by atoms with Gasteiger partial charge >= 0.3 is 0 Å². The number of primary amides is 1. The predicted molar refractivity (Wildman–Crippen MR) is 149 cm³/mol. The van der Waals surface area contributed by atoms with Crippen LogP contribution in [0, 0.1) is 18.6 Å². The number of hydrogen-bond donors (Lipinski definition) is 3. The lowest BCUT2D eigenvalue weighted by molar-refractivity contribution is 0.0997. The number of halogens is 3. The number of rotatable bonds is 9. The molecule has 0 saturated heterocycles. The van der Waals surface area contributed by atoms with E-state index in [0.717, 1.165) is 42.0 Å². The molecule has 0 atom stereocenters. The molecule has 9 nitrogen and oxygen atoms in total. The molecule has 2 aromatic heterocycles. The smallest absolute Gasteiger partial charge is 0.265 e. The molecule has 0 bridgehead atoms. The summed E-state index contributed by atoms with van der Waals surface area (Å²) >= 11 is 7.22. The summed E-state index contributed by atoms with van der Waals surface area (Å²) in [6, 6.07) is 10.4. The number of nitrogens with one attached hydrogen (secondary N) is 2. The van der Waals surface area contributed by atoms with Gasteiger partial charge in [0.1, 0.15) is 29.7 Å². The highest BCUT2D eigenvalue weighted by molar-refractivity contribution is 7.92. The zero-order chi connectivity index (χ0) is 29.2. The molecule has 2 amide bonds. The zero-order valence-electron chi connectivity index (χ0n) is 20.9. The number of carbonyl (C=O) groups is 2. The van der Waals surface area contributed by atoms with Crippen molar-refractivity contribution in [3.63, 3.8) is 0 Å². The van der Waals surface area contributed by atoms with Crippen LogP contribution in [-0.2, 0) is 16.6 Å². The molecular formula is C26H21ClF2N4O5S2. The number of aryl methyl sites for hydroxylation is 1. The number of nitrogens with zero attached hydrogens (tertiary/aromatic N) is 1. The van der Waals surface area contributed by atoms with Crippen molar-refractivity contribution < 1.29 is 31.5 Å². The molecule has 0 unspecified atom stereocenters. The molecular weight excluding hydrogens is 586 g/mol. The van der Waals surface area contributed by atoms with Crippen molar-refractivity contribution in [2.45, 2.75) is 13.5 Å². The average Bonchev–Trinajstić information content (AvgIpc) is 3.22. The highest BCUT2D eigenvalue weighted by Gasteiger charge is 2.19. The molecule has 0 radical (unpaired) electrons. The number of pyridine rings is 1. The number of nitrogens with two attached hydrogens (primary N) is 1. The van der Waals surface area contributed by atoms with Crippen molar-refractivity contribution in [2.75, 3.05) is 16.3 Å². The molecule has 4 rings (SSSR count). The van der Waals surface area contributed by atoms with Crippen LogP contribution < -0.4 is 20.5 Å². The number of anilines is 2. The summed E-state index contributed by atoms with van der Waals surface area (Å²) in [5, 5.41) is 2.87. The Balaban J connectivity index is 1.59. The highest BCUT2D eigenvalue weighted by atomic mass is 35.5. The first-order valence-electron chi connectivity index (χ1n) is 11.4. The maximum atomic E-state index is 14.1. The van der Waals surface area contributed by atoms with E-state index in [2.05, 4.69) is 15.0 Å². The fraction of sp³-hybridized carbons (Fsp3) is 0.115. The van der Waals surface area contributed by atoms with Crippen molar-refractivity contribution >= 4 is 56.2 Å². The van der Waals surface area contributed by atoms with Gasteiger partial charge in [0.15, 0.2) is 0 Å². The summed E-state index contributed by atoms with van der Waals surface area (Å²) in [7, 11) is -3.57. The Bertz CT molecular complexity index is 1750. The van der Waals surface area contributed by atoms with Crippen molar-refractivity contribution in [1.29, 1.82) is 0 Å². The van der Waals surface area contributed by atoms with Gasteiger partial charge in [-0.1, -0.05) is 11.6 Å². The maximum absolute atomic E-state index is 14.1. The van der Waals surface area contributed by atoms with E-state index in [9.17, 15) is 26.8 Å². The summed E-state index contributed by atoms with van der Waals surface area (Å²) in [5.41, 5.74) is 6.65. The van der Waals surface area contributed by atoms with Crippen LogP contribution in [0.2, 0.25) is 5.02 Å². The second kappa shape index (κ2) is 11.6. The normalized spacial score (nSPS) is 11.2. The van der Waals surface area contributed by atoms with Gasteiger partial charge in [-0.05, 0) is 55.0 Å². The molecule has 0 aliphatic carbocycles. The van der Waals surface area contributed by atoms with E-state index < -0.39 is 33.5 Å². The van der Waals surface area contributed by atoms with Crippen LogP contribution in [-0.4, -0.2) is 31.5 Å². The maximum Gasteiger partial charge on any atom is 0.265 e. The highest BCUT2D eigenvalue weighted by Crippen LogP contribution is 2.36. The van der Waals surface area contributed by atoms with E-state index in [0.29, 0.717) is 10.4 Å². The van der Waals surface area contributed by atoms with Gasteiger partial charge in [-0.3, -0.25) is 14.3 Å². The van der Waals surface area contributed by atoms with Gasteiger partial charge in [0, 0.05) is 32.8 Å². The first-order chi connectivity index (χ1) is 18.8. The number of thiophene rings is 1. The van der Waals surface area contributed by atoms with Gasteiger partial charge < -0.3 is 15.8 Å². The Hall–Kier alpha value is -4.07. The fourth-order valence-corrected chi connectivity index (χ4v) is 5.42. The van der Waals surface area contributed by atoms with Gasteiger partial charge in [0.05, 0.1) is 23.0 Å². The number of ether oxygens (including phenoxy) is 1. The standard InChI is InChI=1S/C26H21ClF2N4O5S2/c1-13-21(10-23(39-13)26(35)32-19-6-16(27)7-20(9-19)33-40(2,36)37)24-22(8-18(29)11-31-24)38-12-14-3-15(25(30)34)5-17(28)4-14/h3-11,33H,12H2,1-2H3,(H2,30,34)(H,32,35). The number of benzene rings is 2. The Morgan fingerprint density at radius 1 is 1.05 bits per heavy atom. The average molecular weight is 607 g/mol. The molecule has 0 aliphatic rings. The Labute approximate surface area is 237 Å². The molecule has 0 aliphatic heterocycles. The van der Waals surface area contributed by atoms with Crippen LogP contribution in [0.1, 0.15) is 30.5 Å². The van der Waals surface area contributed by atoms with Crippen LogP contribution in [0.25, 0.3) is 11.3 Å². The lowest BCUT2D eigenvalue weighted by atomic mass is 10.1. The predicted octanol–water partition coefficient (Wildman–Crippen LogP) is 5.35. The van der Waals surface area contributed by atoms with E-state index in [-0.39, 0.29) is 50.5 Å². The molecule has 14 heteroatoms. The van der Waals surface area contributed by atoms with Gasteiger partial charge in [-0.25, -0.2) is 22.2 Å². The molecule has 40 heavy (non-hydrogen) atoms. The molecule has 208 valence electrons. The molecule has 4 aromatic rings. The summed E-state index contributed by atoms with van der Waals surface area (Å²) in [4.78, 5) is 29.6. The third kappa shape index (κ3) is 7.31. The van der Waals surface area contributed by atoms with Gasteiger partial charge in [-0.2, -0.15) is 0 Å². The van der Waals surface area contributed by atoms with Gasteiger partial charge in [0.2, 0.25) is 15.9 Å². The molecule has 0 spiro atoms. The second-order valence-corrected chi connectivity index (χ2v) is 12.1. The summed E-state index contributed by atoms with van der Waals surface area (Å²) in [5.74, 6) is -2.65. The van der Waals surface area contributed by atoms with E-state index >= 15 is 0 Å². The lowest BCUT2D eigenvalue weighted by Crippen LogP contribution is -2.12. The van der Waals surface area contributed by atoms with Crippen molar-refractivity contribution in [2.24, 2.45) is 5.73 Å². The first kappa shape index (κ1) is 28.9. The van der Waals surface area contributed by atoms with Crippen LogP contribution >= 0.6 is 22.9 Å². The number of aromatic nitrogens is 1. The number of sulfonamides is 1. The minimum atomic E-state index is -3.57. The zero-order valence-corrected chi connectivity index (χ0v) is 23.3. The number of carbonyl (C=O) groups excluding carboxylic acids is 2. The van der Waals surface area contributed by atoms with Crippen LogP contribution in [0.5, 0.6) is 5.75 Å². The number of hydrogen-bond acceptors (Lipinski definition) is 7. The van der Waals surface area contributed by atoms with E-state index in [1.54, 1.807) is 13.0 Å². The van der Waals surface area contributed by atoms with Gasteiger partial charge in [0.25, 0.3) is 5.91 Å². The van der Waals surface area contributed by atoms with E-state index in [1.165, 1.54) is 24.3 Å². The minimum Gasteiger partial charge on any atom is -0.487 e. The minimum absolute atomic E-state index is 0.0316. The van der Waals surface area contributed by atoms with Crippen molar-refractivity contribution in [3.05, 3.63) is 92.3 Å². The molecule has 2 heterocycles. The topological polar surface area (TPSA) is 140 Å². The van der Waals surface area contributed by atoms with E-state index in [1.807, 2.05) is 0 Å². The van der Waals surface area contributed by atoms with Crippen LogP contribution in [0.3, 0.4) is 0 Å². The van der Waals surface area contributed by atoms with E-state index in [4.69, 9.17) is 22.1 Å². The Kier molecular flexibility index (Phi) is 8.37. The molecule has 0 fully saturated rings. The largest absolute Gasteiger partial charge is 0.487 e. The van der Waals surface area contributed by atoms with Crippen molar-refractivity contribution in [1.82, 2.24) is 4.98 Å². The fourth-order valence-electron chi connectivity index (χ4n) is 3.73. The Morgan fingerprint density at radius 3 is 2.48 bits per heavy atom. The quantitative estimate of drug-likeness (QED) is 0.235. The molecule has 0 saturated carbocycles.